The molecule has 13 heavy (non-hydrogen) atoms. The molecule has 0 unspecified atom stereocenters. The van der Waals surface area contributed by atoms with E-state index < -0.39 is 0 Å². The van der Waals surface area contributed by atoms with Crippen molar-refractivity contribution in [2.45, 2.75) is 6.42 Å². The Morgan fingerprint density at radius 3 is 2.92 bits per heavy atom. The average Bonchev–Trinajstić information content (AvgIpc) is 2.19. The highest BCUT2D eigenvalue weighted by Gasteiger charge is 1.95. The van der Waals surface area contributed by atoms with Gasteiger partial charge in [-0.3, -0.25) is 0 Å². The molecule has 0 aromatic rings. The van der Waals surface area contributed by atoms with E-state index >= 15 is 0 Å². The number of isothiocyanates is 1. The smallest absolute Gasteiger partial charge is 0.169 e. The van der Waals surface area contributed by atoms with E-state index in [0.29, 0.717) is 12.3 Å². The molecule has 1 aliphatic rings. The van der Waals surface area contributed by atoms with Gasteiger partial charge in [-0.25, -0.2) is 4.99 Å². The van der Waals surface area contributed by atoms with Gasteiger partial charge < -0.3 is 4.74 Å². The largest absolute Gasteiger partial charge is 0.489 e. The number of hydrogen-bond donors (Lipinski definition) is 0. The molecule has 1 rings (SSSR count). The molecule has 0 radical (unpaired) electrons. The highest BCUT2D eigenvalue weighted by molar-refractivity contribution is 7.78. The number of allylic oxidation sites excluding steroid dienone is 2. The molecule has 0 saturated carbocycles. The highest BCUT2D eigenvalue weighted by atomic mass is 32.1. The normalized spacial score (nSPS) is 13.0. The van der Waals surface area contributed by atoms with E-state index in [0.717, 1.165) is 12.0 Å². The van der Waals surface area contributed by atoms with Crippen molar-refractivity contribution in [3.63, 3.8) is 0 Å². The zero-order chi connectivity index (χ0) is 9.52. The van der Waals surface area contributed by atoms with Crippen molar-refractivity contribution in [1.29, 1.82) is 0 Å². The predicted octanol–water partition coefficient (Wildman–Crippen LogP) is 2.26. The second-order valence-corrected chi connectivity index (χ2v) is 2.58. The summed E-state index contributed by atoms with van der Waals surface area (Å²) >= 11 is 4.45. The number of ether oxygens (including phenoxy) is 1. The molecule has 0 amide bonds. The Labute approximate surface area is 82.6 Å². The van der Waals surface area contributed by atoms with Crippen LogP contribution in [0.3, 0.4) is 0 Å². The molecule has 1 aliphatic carbocycles. The van der Waals surface area contributed by atoms with Crippen LogP contribution in [0.4, 0.5) is 0 Å². The first-order chi connectivity index (χ1) is 6.36. The van der Waals surface area contributed by atoms with Gasteiger partial charge in [0.1, 0.15) is 0 Å². The van der Waals surface area contributed by atoms with Crippen molar-refractivity contribution in [3.8, 4) is 0 Å². The molecule has 3 heteroatoms. The molecule has 0 N–H and O–H groups in total. The number of methoxy groups -OCH3 is 1. The standard InChI is InChI=1S/C10H9NOS/c1-12-10-4-2-9(3-5-10)6-7-11-8-13/h2,4H,6-7H2,1H3. The van der Waals surface area contributed by atoms with Crippen LogP contribution in [0.15, 0.2) is 39.9 Å². The summed E-state index contributed by atoms with van der Waals surface area (Å²) in [5.74, 6) is 0.696. The van der Waals surface area contributed by atoms with Crippen molar-refractivity contribution in [1.82, 2.24) is 0 Å². The van der Waals surface area contributed by atoms with Crippen molar-refractivity contribution >= 4 is 17.4 Å². The van der Waals surface area contributed by atoms with Crippen molar-refractivity contribution in [3.05, 3.63) is 34.9 Å². The Hall–Kier alpha value is -1.36. The number of aliphatic imine (C=N–C) groups is 1. The first kappa shape index (κ1) is 9.73. The summed E-state index contributed by atoms with van der Waals surface area (Å²) in [4.78, 5) is 3.81. The number of rotatable bonds is 4. The minimum Gasteiger partial charge on any atom is -0.489 e. The first-order valence-electron chi connectivity index (χ1n) is 3.87. The van der Waals surface area contributed by atoms with Gasteiger partial charge in [0.25, 0.3) is 0 Å². The van der Waals surface area contributed by atoms with Gasteiger partial charge in [0.05, 0.1) is 18.8 Å². The van der Waals surface area contributed by atoms with Crippen LogP contribution in [0.5, 0.6) is 0 Å². The van der Waals surface area contributed by atoms with E-state index in [4.69, 9.17) is 4.74 Å². The molecule has 66 valence electrons. The Morgan fingerprint density at radius 1 is 1.54 bits per heavy atom. The molecule has 0 atom stereocenters. The lowest BCUT2D eigenvalue weighted by atomic mass is 10.1. The van der Waals surface area contributed by atoms with Crippen molar-refractivity contribution < 1.29 is 4.74 Å². The van der Waals surface area contributed by atoms with Crippen LogP contribution in [0, 0.1) is 0 Å². The Morgan fingerprint density at radius 2 is 2.38 bits per heavy atom. The predicted molar refractivity (Wildman–Crippen MR) is 54.7 cm³/mol. The quantitative estimate of drug-likeness (QED) is 0.386. The van der Waals surface area contributed by atoms with Crippen LogP contribution in [0.2, 0.25) is 0 Å². The lowest BCUT2D eigenvalue weighted by molar-refractivity contribution is 0.307. The molecule has 0 fully saturated rings. The van der Waals surface area contributed by atoms with Gasteiger partial charge in [0.15, 0.2) is 5.76 Å². The maximum atomic E-state index is 4.96. The summed E-state index contributed by atoms with van der Waals surface area (Å²) in [6.45, 7) is 0.653. The van der Waals surface area contributed by atoms with E-state index in [2.05, 4.69) is 33.8 Å². The van der Waals surface area contributed by atoms with Gasteiger partial charge in [-0.05, 0) is 30.1 Å². The molecule has 0 spiro atoms. The molecule has 0 aromatic heterocycles. The molecule has 0 aliphatic heterocycles. The van der Waals surface area contributed by atoms with Crippen LogP contribution in [-0.4, -0.2) is 18.8 Å². The van der Waals surface area contributed by atoms with Crippen molar-refractivity contribution in [2.75, 3.05) is 13.7 Å². The summed E-state index contributed by atoms with van der Waals surface area (Å²) in [5.41, 5.74) is 6.90. The zero-order valence-corrected chi connectivity index (χ0v) is 8.15. The van der Waals surface area contributed by atoms with Crippen LogP contribution < -0.4 is 0 Å². The molecule has 0 bridgehead atoms. The zero-order valence-electron chi connectivity index (χ0n) is 7.33. The second-order valence-electron chi connectivity index (χ2n) is 2.40. The second kappa shape index (κ2) is 5.31. The number of thiocarbonyl (C=S) groups is 1. The van der Waals surface area contributed by atoms with E-state index in [1.165, 1.54) is 0 Å². The van der Waals surface area contributed by atoms with Crippen LogP contribution in [-0.2, 0) is 4.74 Å². The average molecular weight is 191 g/mol. The maximum Gasteiger partial charge on any atom is 0.169 e. The maximum absolute atomic E-state index is 4.96. The molecule has 0 aromatic carbocycles. The SMILES string of the molecule is COC1=C=C=C(CCN=C=S)C=C1. The Bertz CT molecular complexity index is 362. The lowest BCUT2D eigenvalue weighted by Gasteiger charge is -1.99. The summed E-state index contributed by atoms with van der Waals surface area (Å²) in [7, 11) is 1.61. The molecular formula is C10H9NOS. The highest BCUT2D eigenvalue weighted by Crippen LogP contribution is 2.08. The molecular weight excluding hydrogens is 182 g/mol. The summed E-state index contributed by atoms with van der Waals surface area (Å²) in [6.07, 6.45) is 4.60. The topological polar surface area (TPSA) is 21.6 Å². The first-order valence-corrected chi connectivity index (χ1v) is 4.28. The third kappa shape index (κ3) is 3.25. The minimum atomic E-state index is 0.653. The number of hydrogen-bond acceptors (Lipinski definition) is 3. The molecule has 0 saturated heterocycles. The summed E-state index contributed by atoms with van der Waals surface area (Å²) in [5, 5.41) is 2.32. The Balaban J connectivity index is 2.64. The Kier molecular flexibility index (Phi) is 3.98. The molecule has 2 nitrogen and oxygen atoms in total. The fraction of sp³-hybridized carbons (Fsp3) is 0.300. The van der Waals surface area contributed by atoms with Crippen LogP contribution in [0.25, 0.3) is 0 Å². The van der Waals surface area contributed by atoms with Gasteiger partial charge in [0, 0.05) is 12.0 Å². The third-order valence-electron chi connectivity index (χ3n) is 1.56. The summed E-state index contributed by atoms with van der Waals surface area (Å²) < 4.78 is 4.96. The minimum absolute atomic E-state index is 0.653. The van der Waals surface area contributed by atoms with E-state index in [1.54, 1.807) is 7.11 Å². The van der Waals surface area contributed by atoms with Gasteiger partial charge in [-0.15, -0.1) is 0 Å². The van der Waals surface area contributed by atoms with E-state index in [-0.39, 0.29) is 0 Å². The van der Waals surface area contributed by atoms with Crippen molar-refractivity contribution in [2.24, 2.45) is 4.99 Å². The van der Waals surface area contributed by atoms with Gasteiger partial charge >= 0.3 is 0 Å². The number of nitrogens with zero attached hydrogens (tertiary/aromatic N) is 1. The van der Waals surface area contributed by atoms with E-state index in [1.807, 2.05) is 12.2 Å². The lowest BCUT2D eigenvalue weighted by Crippen LogP contribution is -1.87. The monoisotopic (exact) mass is 191 g/mol. The third-order valence-corrected chi connectivity index (χ3v) is 1.69. The fourth-order valence-electron chi connectivity index (χ4n) is 0.888. The van der Waals surface area contributed by atoms with Crippen LogP contribution in [0.1, 0.15) is 6.42 Å². The van der Waals surface area contributed by atoms with E-state index in [9.17, 15) is 0 Å². The van der Waals surface area contributed by atoms with Gasteiger partial charge in [0.2, 0.25) is 0 Å². The summed E-state index contributed by atoms with van der Waals surface area (Å²) in [6, 6.07) is 0. The van der Waals surface area contributed by atoms with Gasteiger partial charge in [-0.1, -0.05) is 5.73 Å². The molecule has 0 heterocycles. The fourth-order valence-corrected chi connectivity index (χ4v) is 0.980. The van der Waals surface area contributed by atoms with Crippen LogP contribution >= 0.6 is 12.2 Å². The van der Waals surface area contributed by atoms with Gasteiger partial charge in [-0.2, -0.15) is 0 Å².